The Bertz CT molecular complexity index is 1050. The van der Waals surface area contributed by atoms with Gasteiger partial charge in [0.05, 0.1) is 17.4 Å². The number of anilines is 1. The number of carbonyl (C=O) groups is 3. The number of aromatic nitrogens is 2. The lowest BCUT2D eigenvalue weighted by Crippen LogP contribution is -2.49. The van der Waals surface area contributed by atoms with E-state index < -0.39 is 11.6 Å². The fraction of sp³-hybridized carbons (Fsp3) is 0.565. The van der Waals surface area contributed by atoms with Gasteiger partial charge in [0, 0.05) is 32.3 Å². The second-order valence-electron chi connectivity index (χ2n) is 9.66. The molecule has 0 bridgehead atoms. The van der Waals surface area contributed by atoms with Crippen LogP contribution < -0.4 is 10.2 Å². The van der Waals surface area contributed by atoms with Crippen LogP contribution in [-0.4, -0.2) is 57.8 Å². The molecule has 32 heavy (non-hydrogen) atoms. The molecule has 2 aliphatic rings. The number of carbonyl (C=O) groups excluding carboxylic acids is 3. The summed E-state index contributed by atoms with van der Waals surface area (Å²) in [4.78, 5) is 39.6. The van der Waals surface area contributed by atoms with Gasteiger partial charge >= 0.3 is 12.1 Å². The van der Waals surface area contributed by atoms with E-state index >= 15 is 0 Å². The SMILES string of the molecule is Cc1c(CC2CCN(C(=O)OC(C)(C)C)CC2)ccn2ncc(N3CCC(=O)NC3=O)c12. The summed E-state index contributed by atoms with van der Waals surface area (Å²) in [5.74, 6) is 0.218. The molecule has 2 saturated heterocycles. The molecule has 2 aromatic heterocycles. The van der Waals surface area contributed by atoms with Gasteiger partial charge in [0.25, 0.3) is 0 Å². The normalized spacial score (nSPS) is 18.2. The quantitative estimate of drug-likeness (QED) is 0.789. The van der Waals surface area contributed by atoms with Crippen LogP contribution in [0.1, 0.15) is 51.2 Å². The van der Waals surface area contributed by atoms with Crippen molar-refractivity contribution in [2.75, 3.05) is 24.5 Å². The number of amides is 4. The molecule has 0 unspecified atom stereocenters. The second-order valence-corrected chi connectivity index (χ2v) is 9.66. The average molecular weight is 442 g/mol. The first-order valence-electron chi connectivity index (χ1n) is 11.2. The van der Waals surface area contributed by atoms with Crippen molar-refractivity contribution in [2.24, 2.45) is 5.92 Å². The smallest absolute Gasteiger partial charge is 0.410 e. The first kappa shape index (κ1) is 22.1. The zero-order valence-electron chi connectivity index (χ0n) is 19.2. The molecule has 9 heteroatoms. The first-order chi connectivity index (χ1) is 15.1. The Kier molecular flexibility index (Phi) is 5.83. The lowest BCUT2D eigenvalue weighted by molar-refractivity contribution is -0.120. The number of piperidine rings is 1. The molecule has 0 saturated carbocycles. The van der Waals surface area contributed by atoms with Crippen molar-refractivity contribution in [3.8, 4) is 0 Å². The number of fused-ring (bicyclic) bond motifs is 1. The van der Waals surface area contributed by atoms with E-state index in [2.05, 4.69) is 23.4 Å². The third-order valence-corrected chi connectivity index (χ3v) is 6.15. The number of likely N-dealkylation sites (tertiary alicyclic amines) is 1. The van der Waals surface area contributed by atoms with E-state index in [0.29, 0.717) is 31.2 Å². The van der Waals surface area contributed by atoms with Crippen LogP contribution in [0.3, 0.4) is 0 Å². The average Bonchev–Trinajstić information content (AvgIpc) is 3.14. The molecular formula is C23H31N5O4. The zero-order chi connectivity index (χ0) is 23.0. The van der Waals surface area contributed by atoms with Gasteiger partial charge in [-0.25, -0.2) is 14.1 Å². The summed E-state index contributed by atoms with van der Waals surface area (Å²) in [6, 6.07) is 1.68. The maximum atomic E-state index is 12.3. The highest BCUT2D eigenvalue weighted by Gasteiger charge is 2.29. The highest BCUT2D eigenvalue weighted by Crippen LogP contribution is 2.30. The summed E-state index contributed by atoms with van der Waals surface area (Å²) < 4.78 is 7.27. The summed E-state index contributed by atoms with van der Waals surface area (Å²) in [5, 5.41) is 6.78. The van der Waals surface area contributed by atoms with Gasteiger partial charge in [-0.2, -0.15) is 5.10 Å². The summed E-state index contributed by atoms with van der Waals surface area (Å²) >= 11 is 0. The highest BCUT2D eigenvalue weighted by atomic mass is 16.6. The molecule has 2 aromatic rings. The van der Waals surface area contributed by atoms with Crippen molar-refractivity contribution >= 4 is 29.2 Å². The summed E-state index contributed by atoms with van der Waals surface area (Å²) in [6.45, 7) is 9.44. The van der Waals surface area contributed by atoms with Gasteiger partial charge in [-0.1, -0.05) is 0 Å². The second kappa shape index (κ2) is 8.44. The maximum Gasteiger partial charge on any atom is 0.410 e. The van der Waals surface area contributed by atoms with E-state index in [4.69, 9.17) is 4.74 Å². The first-order valence-corrected chi connectivity index (χ1v) is 11.2. The van der Waals surface area contributed by atoms with Crippen molar-refractivity contribution in [3.63, 3.8) is 0 Å². The van der Waals surface area contributed by atoms with Crippen LogP contribution in [0, 0.1) is 12.8 Å². The molecule has 4 amide bonds. The Balaban J connectivity index is 1.47. The molecule has 0 atom stereocenters. The van der Waals surface area contributed by atoms with Gasteiger partial charge in [-0.05, 0) is 70.1 Å². The molecular weight excluding hydrogens is 410 g/mol. The van der Waals surface area contributed by atoms with Gasteiger partial charge in [-0.15, -0.1) is 0 Å². The Morgan fingerprint density at radius 3 is 2.59 bits per heavy atom. The van der Waals surface area contributed by atoms with Crippen molar-refractivity contribution in [1.82, 2.24) is 19.8 Å². The van der Waals surface area contributed by atoms with Crippen molar-refractivity contribution in [2.45, 2.75) is 59.0 Å². The number of aryl methyl sites for hydroxylation is 1. The Hall–Kier alpha value is -3.10. The Labute approximate surface area is 187 Å². The molecule has 0 spiro atoms. The molecule has 1 N–H and O–H groups in total. The third-order valence-electron chi connectivity index (χ3n) is 6.15. The van der Waals surface area contributed by atoms with Gasteiger partial charge < -0.3 is 9.64 Å². The lowest BCUT2D eigenvalue weighted by Gasteiger charge is -2.33. The summed E-state index contributed by atoms with van der Waals surface area (Å²) in [6.07, 6.45) is 6.39. The van der Waals surface area contributed by atoms with E-state index in [1.807, 2.05) is 27.0 Å². The van der Waals surface area contributed by atoms with E-state index in [1.165, 1.54) is 5.56 Å². The van der Waals surface area contributed by atoms with E-state index in [9.17, 15) is 14.4 Å². The van der Waals surface area contributed by atoms with Crippen molar-refractivity contribution in [1.29, 1.82) is 0 Å². The maximum absolute atomic E-state index is 12.3. The number of hydrogen-bond acceptors (Lipinski definition) is 5. The monoisotopic (exact) mass is 441 g/mol. The number of nitrogens with zero attached hydrogens (tertiary/aromatic N) is 4. The van der Waals surface area contributed by atoms with Crippen molar-refractivity contribution < 1.29 is 19.1 Å². The minimum Gasteiger partial charge on any atom is -0.444 e. The van der Waals surface area contributed by atoms with Gasteiger partial charge in [0.2, 0.25) is 5.91 Å². The van der Waals surface area contributed by atoms with E-state index in [-0.39, 0.29) is 18.4 Å². The minimum absolute atomic E-state index is 0.240. The van der Waals surface area contributed by atoms with Crippen LogP contribution in [0.4, 0.5) is 15.3 Å². The Morgan fingerprint density at radius 2 is 1.94 bits per heavy atom. The number of nitrogens with one attached hydrogen (secondary N) is 1. The van der Waals surface area contributed by atoms with Crippen LogP contribution >= 0.6 is 0 Å². The minimum atomic E-state index is -0.484. The molecule has 0 aromatic carbocycles. The lowest BCUT2D eigenvalue weighted by atomic mass is 9.89. The molecule has 4 rings (SSSR count). The number of rotatable bonds is 3. The van der Waals surface area contributed by atoms with Gasteiger partial charge in [0.1, 0.15) is 5.60 Å². The van der Waals surface area contributed by atoms with Crippen LogP contribution in [0.25, 0.3) is 5.52 Å². The van der Waals surface area contributed by atoms with Crippen LogP contribution in [-0.2, 0) is 16.0 Å². The topological polar surface area (TPSA) is 96.2 Å². The standard InChI is InChI=1S/C23H31N5O4/c1-15-17(13-16-5-9-26(10-6-16)22(31)32-23(2,3)4)7-12-28-20(15)18(14-24-28)27-11-8-19(29)25-21(27)30/h7,12,14,16H,5-6,8-11,13H2,1-4H3,(H,25,29,30). The fourth-order valence-electron chi connectivity index (χ4n) is 4.44. The predicted molar refractivity (Wildman–Crippen MR) is 120 cm³/mol. The van der Waals surface area contributed by atoms with Crippen molar-refractivity contribution in [3.05, 3.63) is 29.6 Å². The van der Waals surface area contributed by atoms with Gasteiger partial charge in [0.15, 0.2) is 0 Å². The number of pyridine rings is 1. The summed E-state index contributed by atoms with van der Waals surface area (Å²) in [7, 11) is 0. The summed E-state index contributed by atoms with van der Waals surface area (Å²) in [5.41, 5.74) is 3.41. The molecule has 9 nitrogen and oxygen atoms in total. The number of imide groups is 1. The third kappa shape index (κ3) is 4.56. The largest absolute Gasteiger partial charge is 0.444 e. The number of ether oxygens (including phenoxy) is 1. The zero-order valence-corrected chi connectivity index (χ0v) is 19.2. The molecule has 4 heterocycles. The molecule has 0 aliphatic carbocycles. The number of urea groups is 1. The molecule has 2 aliphatic heterocycles. The molecule has 172 valence electrons. The van der Waals surface area contributed by atoms with E-state index in [1.54, 1.807) is 20.5 Å². The molecule has 0 radical (unpaired) electrons. The van der Waals surface area contributed by atoms with Crippen LogP contribution in [0.5, 0.6) is 0 Å². The predicted octanol–water partition coefficient (Wildman–Crippen LogP) is 3.28. The number of hydrogen-bond donors (Lipinski definition) is 1. The van der Waals surface area contributed by atoms with E-state index in [0.717, 1.165) is 30.3 Å². The van der Waals surface area contributed by atoms with Crippen LogP contribution in [0.15, 0.2) is 18.5 Å². The molecule has 2 fully saturated rings. The fourth-order valence-corrected chi connectivity index (χ4v) is 4.44. The van der Waals surface area contributed by atoms with Crippen LogP contribution in [0.2, 0.25) is 0 Å². The van der Waals surface area contributed by atoms with Gasteiger partial charge in [-0.3, -0.25) is 15.0 Å². The highest BCUT2D eigenvalue weighted by molar-refractivity contribution is 6.07. The Morgan fingerprint density at radius 1 is 1.22 bits per heavy atom.